The second-order valence-corrected chi connectivity index (χ2v) is 8.05. The van der Waals surface area contributed by atoms with Gasteiger partial charge in [-0.05, 0) is 57.4 Å². The molecule has 0 radical (unpaired) electrons. The number of rotatable bonds is 7. The van der Waals surface area contributed by atoms with Crippen molar-refractivity contribution in [3.05, 3.63) is 46.2 Å². The van der Waals surface area contributed by atoms with Crippen molar-refractivity contribution in [1.82, 2.24) is 23.7 Å². The minimum absolute atomic E-state index is 0.0494. The fraction of sp³-hybridized carbons (Fsp3) is 0.571. The van der Waals surface area contributed by atoms with Gasteiger partial charge in [-0.2, -0.15) is 0 Å². The number of hydrogen-bond acceptors (Lipinski definition) is 4. The summed E-state index contributed by atoms with van der Waals surface area (Å²) in [6, 6.07) is 2.28. The summed E-state index contributed by atoms with van der Waals surface area (Å²) in [5, 5.41) is 9.17. The van der Waals surface area contributed by atoms with Crippen molar-refractivity contribution in [1.29, 1.82) is 0 Å². The second kappa shape index (κ2) is 7.20. The van der Waals surface area contributed by atoms with Crippen LogP contribution < -0.4 is 5.69 Å². The van der Waals surface area contributed by atoms with E-state index >= 15 is 0 Å². The van der Waals surface area contributed by atoms with Crippen LogP contribution >= 0.6 is 0 Å². The van der Waals surface area contributed by atoms with Gasteiger partial charge in [-0.25, -0.2) is 9.78 Å². The predicted molar refractivity (Wildman–Crippen MR) is 107 cm³/mol. The van der Waals surface area contributed by atoms with Crippen LogP contribution in [0.4, 0.5) is 0 Å². The number of aromatic nitrogens is 5. The van der Waals surface area contributed by atoms with E-state index in [1.165, 1.54) is 24.2 Å². The Bertz CT molecular complexity index is 1060. The largest absolute Gasteiger partial charge is 0.396 e. The fourth-order valence-electron chi connectivity index (χ4n) is 4.53. The molecule has 0 atom stereocenters. The van der Waals surface area contributed by atoms with Crippen molar-refractivity contribution in [2.75, 3.05) is 6.61 Å². The highest BCUT2D eigenvalue weighted by Crippen LogP contribution is 2.36. The van der Waals surface area contributed by atoms with Crippen LogP contribution in [0.2, 0.25) is 0 Å². The molecule has 7 nitrogen and oxygen atoms in total. The maximum atomic E-state index is 13.2. The molecule has 0 aliphatic heterocycles. The zero-order valence-corrected chi connectivity index (χ0v) is 16.2. The number of pyridine rings is 1. The number of unbranched alkanes of at least 4 members (excludes halogenated alkanes) is 1. The summed E-state index contributed by atoms with van der Waals surface area (Å²) in [6.07, 6.45) is 11.9. The minimum atomic E-state index is 0.0494. The van der Waals surface area contributed by atoms with Gasteiger partial charge in [0.25, 0.3) is 0 Å². The topological polar surface area (TPSA) is 77.9 Å². The van der Waals surface area contributed by atoms with Crippen LogP contribution in [0, 0.1) is 0 Å². The molecule has 2 aliphatic rings. The Labute approximate surface area is 163 Å². The molecule has 28 heavy (non-hydrogen) atoms. The molecule has 3 heterocycles. The van der Waals surface area contributed by atoms with E-state index in [4.69, 9.17) is 4.98 Å². The summed E-state index contributed by atoms with van der Waals surface area (Å²) >= 11 is 0. The highest BCUT2D eigenvalue weighted by atomic mass is 16.3. The first-order valence-electron chi connectivity index (χ1n) is 10.5. The Morgan fingerprint density at radius 2 is 1.96 bits per heavy atom. The van der Waals surface area contributed by atoms with Gasteiger partial charge in [-0.3, -0.25) is 14.1 Å². The summed E-state index contributed by atoms with van der Waals surface area (Å²) in [5.41, 5.74) is 4.44. The summed E-state index contributed by atoms with van der Waals surface area (Å²) in [4.78, 5) is 22.4. The van der Waals surface area contributed by atoms with Crippen LogP contribution in [-0.4, -0.2) is 35.4 Å². The molecule has 0 amide bonds. The molecular weight excluding hydrogens is 354 g/mol. The lowest BCUT2D eigenvalue weighted by Crippen LogP contribution is -2.25. The highest BCUT2D eigenvalue weighted by molar-refractivity contribution is 5.75. The number of fused-ring (bicyclic) bond motifs is 2. The number of aliphatic hydroxyl groups excluding tert-OH is 1. The van der Waals surface area contributed by atoms with Crippen molar-refractivity contribution >= 4 is 11.0 Å². The molecule has 0 bridgehead atoms. The Hall–Kier alpha value is -2.41. The average molecular weight is 381 g/mol. The lowest BCUT2D eigenvalue weighted by molar-refractivity contribution is 0.280. The van der Waals surface area contributed by atoms with Crippen molar-refractivity contribution in [3.63, 3.8) is 0 Å². The van der Waals surface area contributed by atoms with Gasteiger partial charge in [0, 0.05) is 31.1 Å². The molecule has 0 spiro atoms. The van der Waals surface area contributed by atoms with Gasteiger partial charge in [-0.15, -0.1) is 0 Å². The SMILES string of the molecule is O=c1n(Cc2nc3c(n2CCCCO)CCCC3)c2cnccc2n1C1CC1. The molecule has 0 aromatic carbocycles. The fourth-order valence-corrected chi connectivity index (χ4v) is 4.53. The lowest BCUT2D eigenvalue weighted by atomic mass is 10.0. The first-order chi connectivity index (χ1) is 13.8. The maximum absolute atomic E-state index is 13.2. The van der Waals surface area contributed by atoms with E-state index in [9.17, 15) is 9.90 Å². The van der Waals surface area contributed by atoms with E-state index in [1.807, 2.05) is 15.2 Å². The molecule has 148 valence electrons. The molecule has 1 N–H and O–H groups in total. The van der Waals surface area contributed by atoms with Gasteiger partial charge < -0.3 is 9.67 Å². The molecule has 0 saturated heterocycles. The van der Waals surface area contributed by atoms with Gasteiger partial charge in [-0.1, -0.05) is 0 Å². The zero-order valence-electron chi connectivity index (χ0n) is 16.2. The van der Waals surface area contributed by atoms with Gasteiger partial charge in [0.2, 0.25) is 0 Å². The summed E-state index contributed by atoms with van der Waals surface area (Å²) in [5.74, 6) is 0.964. The van der Waals surface area contributed by atoms with Crippen LogP contribution in [0.5, 0.6) is 0 Å². The standard InChI is InChI=1S/C21H27N5O2/c27-12-4-3-11-24-17-6-2-1-5-16(17)23-20(24)14-25-19-13-22-10-9-18(19)26(21(25)28)15-7-8-15/h9-10,13,15,27H,1-8,11-12,14H2. The normalized spacial score (nSPS) is 16.6. The van der Waals surface area contributed by atoms with Gasteiger partial charge in [0.15, 0.2) is 0 Å². The van der Waals surface area contributed by atoms with Crippen molar-refractivity contribution in [2.45, 2.75) is 70.5 Å². The zero-order chi connectivity index (χ0) is 19.1. The van der Waals surface area contributed by atoms with Crippen LogP contribution in [0.15, 0.2) is 23.3 Å². The molecule has 5 rings (SSSR count). The third kappa shape index (κ3) is 2.98. The first kappa shape index (κ1) is 17.7. The Kier molecular flexibility index (Phi) is 4.55. The van der Waals surface area contributed by atoms with Crippen molar-refractivity contribution in [2.24, 2.45) is 0 Å². The van der Waals surface area contributed by atoms with Gasteiger partial charge >= 0.3 is 5.69 Å². The highest BCUT2D eigenvalue weighted by Gasteiger charge is 2.29. The van der Waals surface area contributed by atoms with Crippen LogP contribution in [0.25, 0.3) is 11.0 Å². The molecule has 3 aromatic rings. The maximum Gasteiger partial charge on any atom is 0.329 e. The lowest BCUT2D eigenvalue weighted by Gasteiger charge is -2.15. The molecule has 3 aromatic heterocycles. The minimum Gasteiger partial charge on any atom is -0.396 e. The van der Waals surface area contributed by atoms with Gasteiger partial charge in [0.1, 0.15) is 5.82 Å². The summed E-state index contributed by atoms with van der Waals surface area (Å²) in [7, 11) is 0. The number of imidazole rings is 2. The smallest absolute Gasteiger partial charge is 0.329 e. The predicted octanol–water partition coefficient (Wildman–Crippen LogP) is 2.43. The number of aliphatic hydroxyl groups is 1. The van der Waals surface area contributed by atoms with E-state index in [0.29, 0.717) is 12.6 Å². The Balaban J connectivity index is 1.57. The third-order valence-corrected chi connectivity index (χ3v) is 6.08. The molecule has 1 fully saturated rings. The van der Waals surface area contributed by atoms with Crippen LogP contribution in [0.3, 0.4) is 0 Å². The van der Waals surface area contributed by atoms with Crippen molar-refractivity contribution in [3.8, 4) is 0 Å². The molecular formula is C21H27N5O2. The monoisotopic (exact) mass is 381 g/mol. The summed E-state index contributed by atoms with van der Waals surface area (Å²) in [6.45, 7) is 1.55. The van der Waals surface area contributed by atoms with E-state index in [1.54, 1.807) is 12.4 Å². The quantitative estimate of drug-likeness (QED) is 0.638. The van der Waals surface area contributed by atoms with Crippen LogP contribution in [-0.2, 0) is 25.9 Å². The number of aryl methyl sites for hydroxylation is 1. The van der Waals surface area contributed by atoms with E-state index in [-0.39, 0.29) is 12.3 Å². The molecule has 0 unspecified atom stereocenters. The second-order valence-electron chi connectivity index (χ2n) is 8.05. The van der Waals surface area contributed by atoms with E-state index < -0.39 is 0 Å². The van der Waals surface area contributed by atoms with Gasteiger partial charge in [0.05, 0.1) is 29.5 Å². The average Bonchev–Trinajstić information content (AvgIpc) is 3.43. The summed E-state index contributed by atoms with van der Waals surface area (Å²) < 4.78 is 6.10. The van der Waals surface area contributed by atoms with Crippen molar-refractivity contribution < 1.29 is 5.11 Å². The molecule has 2 aliphatic carbocycles. The van der Waals surface area contributed by atoms with E-state index in [2.05, 4.69) is 9.55 Å². The molecule has 1 saturated carbocycles. The Morgan fingerprint density at radius 1 is 1.11 bits per heavy atom. The number of nitrogens with zero attached hydrogens (tertiary/aromatic N) is 5. The third-order valence-electron chi connectivity index (χ3n) is 6.08. The number of hydrogen-bond donors (Lipinski definition) is 1. The van der Waals surface area contributed by atoms with E-state index in [0.717, 1.165) is 61.9 Å². The van der Waals surface area contributed by atoms with Crippen LogP contribution in [0.1, 0.15) is 61.8 Å². The molecule has 7 heteroatoms. The first-order valence-corrected chi connectivity index (χ1v) is 10.5. The Morgan fingerprint density at radius 3 is 2.79 bits per heavy atom.